The van der Waals surface area contributed by atoms with Crippen molar-refractivity contribution in [3.8, 4) is 33.4 Å². The zero-order valence-electron chi connectivity index (χ0n) is 26.5. The maximum Gasteiger partial charge on any atom is 0.0165 e. The number of benzene rings is 9. The van der Waals surface area contributed by atoms with Gasteiger partial charge in [-0.3, -0.25) is 0 Å². The van der Waals surface area contributed by atoms with Crippen LogP contribution in [0.3, 0.4) is 0 Å². The average Bonchev–Trinajstić information content (AvgIpc) is 3.36. The molecule has 0 aromatic heterocycles. The molecule has 9 aromatic rings. The van der Waals surface area contributed by atoms with E-state index in [1.165, 1.54) is 98.4 Å². The summed E-state index contributed by atoms with van der Waals surface area (Å²) in [7, 11) is 0. The maximum absolute atomic E-state index is 2.49. The lowest BCUT2D eigenvalue weighted by atomic mass is 9.78. The van der Waals surface area contributed by atoms with Crippen molar-refractivity contribution in [2.24, 2.45) is 0 Å². The average molecular weight is 597 g/mol. The summed E-state index contributed by atoms with van der Waals surface area (Å²) in [6.07, 6.45) is 0. The summed E-state index contributed by atoms with van der Waals surface area (Å²) in [6.45, 7) is 4.82. The lowest BCUT2D eigenvalue weighted by Gasteiger charge is -2.25. The molecule has 220 valence electrons. The highest BCUT2D eigenvalue weighted by Crippen LogP contribution is 2.55. The quantitative estimate of drug-likeness (QED) is 0.138. The first-order chi connectivity index (χ1) is 23.1. The fourth-order valence-electron chi connectivity index (χ4n) is 8.58. The Kier molecular flexibility index (Phi) is 5.44. The number of hydrogen-bond acceptors (Lipinski definition) is 0. The maximum atomic E-state index is 2.49. The molecule has 0 heteroatoms. The monoisotopic (exact) mass is 596 g/mol. The van der Waals surface area contributed by atoms with Gasteiger partial charge in [0.2, 0.25) is 0 Å². The Morgan fingerprint density at radius 2 is 0.979 bits per heavy atom. The van der Waals surface area contributed by atoms with Crippen LogP contribution in [0.25, 0.3) is 87.2 Å². The zero-order chi connectivity index (χ0) is 31.3. The van der Waals surface area contributed by atoms with Crippen LogP contribution >= 0.6 is 0 Å². The predicted molar refractivity (Wildman–Crippen MR) is 202 cm³/mol. The molecule has 0 atom stereocenters. The zero-order valence-corrected chi connectivity index (χ0v) is 26.5. The van der Waals surface area contributed by atoms with Gasteiger partial charge in [-0.1, -0.05) is 147 Å². The van der Waals surface area contributed by atoms with E-state index in [4.69, 9.17) is 0 Å². The van der Waals surface area contributed by atoms with Gasteiger partial charge in [0.05, 0.1) is 0 Å². The molecule has 1 aliphatic rings. The van der Waals surface area contributed by atoms with Gasteiger partial charge in [-0.05, 0) is 123 Å². The Morgan fingerprint density at radius 3 is 1.85 bits per heavy atom. The van der Waals surface area contributed by atoms with E-state index < -0.39 is 0 Å². The third-order valence-corrected chi connectivity index (χ3v) is 10.8. The van der Waals surface area contributed by atoms with Crippen LogP contribution in [0.4, 0.5) is 0 Å². The Balaban J connectivity index is 1.31. The van der Waals surface area contributed by atoms with E-state index in [1.54, 1.807) is 0 Å². The van der Waals surface area contributed by atoms with Crippen molar-refractivity contribution in [1.82, 2.24) is 0 Å². The van der Waals surface area contributed by atoms with E-state index >= 15 is 0 Å². The van der Waals surface area contributed by atoms with E-state index in [-0.39, 0.29) is 5.41 Å². The van der Waals surface area contributed by atoms with Crippen LogP contribution in [0.1, 0.15) is 25.0 Å². The van der Waals surface area contributed by atoms with Gasteiger partial charge in [0.15, 0.2) is 0 Å². The summed E-state index contributed by atoms with van der Waals surface area (Å²) in [6, 6.07) is 58.9. The largest absolute Gasteiger partial charge is 0.0619 e. The molecular formula is C47H32. The molecule has 0 aliphatic heterocycles. The first kappa shape index (κ1) is 26.5. The van der Waals surface area contributed by atoms with E-state index in [0.29, 0.717) is 0 Å². The Morgan fingerprint density at radius 1 is 0.340 bits per heavy atom. The summed E-state index contributed by atoms with van der Waals surface area (Å²) in [5.41, 5.74) is 10.6. The highest BCUT2D eigenvalue weighted by molar-refractivity contribution is 6.20. The van der Waals surface area contributed by atoms with E-state index in [2.05, 4.69) is 172 Å². The lowest BCUT2D eigenvalue weighted by molar-refractivity contribution is 0.666. The minimum atomic E-state index is -0.146. The molecule has 9 aromatic carbocycles. The standard InChI is InChI=1S/C47H32/c1-47(2)43-18-10-9-17-39(43)45-40(33-20-19-29-11-3-4-13-31(29)25-33)26-34-21-22-35(28-41(34)46(45)47)44-37-16-8-6-14-32(37)27-42-36-15-7-5-12-30(36)23-24-38(42)44/h3-28H,1-2H3. The van der Waals surface area contributed by atoms with Crippen LogP contribution in [-0.4, -0.2) is 0 Å². The molecule has 1 aliphatic carbocycles. The third kappa shape index (κ3) is 3.76. The van der Waals surface area contributed by atoms with Gasteiger partial charge >= 0.3 is 0 Å². The summed E-state index contributed by atoms with van der Waals surface area (Å²) in [5, 5.41) is 12.9. The van der Waals surface area contributed by atoms with Gasteiger partial charge < -0.3 is 0 Å². The normalized spacial score (nSPS) is 13.5. The fraction of sp³-hybridized carbons (Fsp3) is 0.0638. The summed E-state index contributed by atoms with van der Waals surface area (Å²) < 4.78 is 0. The van der Waals surface area contributed by atoms with Crippen molar-refractivity contribution in [3.05, 3.63) is 169 Å². The van der Waals surface area contributed by atoms with E-state index in [9.17, 15) is 0 Å². The van der Waals surface area contributed by atoms with Crippen molar-refractivity contribution >= 4 is 53.9 Å². The molecule has 47 heavy (non-hydrogen) atoms. The molecule has 0 saturated carbocycles. The smallest absolute Gasteiger partial charge is 0.0165 e. The van der Waals surface area contributed by atoms with Gasteiger partial charge in [0.25, 0.3) is 0 Å². The predicted octanol–water partition coefficient (Wildman–Crippen LogP) is 13.1. The van der Waals surface area contributed by atoms with Gasteiger partial charge in [0, 0.05) is 5.41 Å². The highest BCUT2D eigenvalue weighted by Gasteiger charge is 2.38. The summed E-state index contributed by atoms with van der Waals surface area (Å²) >= 11 is 0. The second kappa shape index (κ2) is 9.64. The van der Waals surface area contributed by atoms with Crippen LogP contribution in [0.2, 0.25) is 0 Å². The third-order valence-electron chi connectivity index (χ3n) is 10.8. The van der Waals surface area contributed by atoms with Crippen LogP contribution < -0.4 is 0 Å². The van der Waals surface area contributed by atoms with E-state index in [1.807, 2.05) is 0 Å². The topological polar surface area (TPSA) is 0 Å². The van der Waals surface area contributed by atoms with Crippen LogP contribution in [0, 0.1) is 0 Å². The SMILES string of the molecule is CC1(C)c2ccccc2-c2c(-c3ccc4ccccc4c3)cc3ccc(-c4c5ccccc5cc5c4ccc4ccccc45)cc3c21. The first-order valence-corrected chi connectivity index (χ1v) is 16.6. The Labute approximate surface area is 274 Å². The molecular weight excluding hydrogens is 565 g/mol. The number of rotatable bonds is 2. The molecule has 0 unspecified atom stereocenters. The van der Waals surface area contributed by atoms with Gasteiger partial charge in [-0.25, -0.2) is 0 Å². The van der Waals surface area contributed by atoms with Crippen molar-refractivity contribution in [1.29, 1.82) is 0 Å². The molecule has 0 amide bonds. The van der Waals surface area contributed by atoms with Crippen LogP contribution in [0.5, 0.6) is 0 Å². The lowest BCUT2D eigenvalue weighted by Crippen LogP contribution is -2.15. The molecule has 0 N–H and O–H groups in total. The van der Waals surface area contributed by atoms with Crippen LogP contribution in [0.15, 0.2) is 158 Å². The van der Waals surface area contributed by atoms with Crippen molar-refractivity contribution in [2.75, 3.05) is 0 Å². The second-order valence-corrected chi connectivity index (χ2v) is 13.7. The number of hydrogen-bond donors (Lipinski definition) is 0. The molecule has 0 heterocycles. The molecule has 0 spiro atoms. The van der Waals surface area contributed by atoms with Crippen molar-refractivity contribution < 1.29 is 0 Å². The molecule has 10 rings (SSSR count). The van der Waals surface area contributed by atoms with Gasteiger partial charge in [-0.15, -0.1) is 0 Å². The summed E-state index contributed by atoms with van der Waals surface area (Å²) in [5.74, 6) is 0. The first-order valence-electron chi connectivity index (χ1n) is 16.6. The molecule has 0 radical (unpaired) electrons. The van der Waals surface area contributed by atoms with E-state index in [0.717, 1.165) is 0 Å². The highest BCUT2D eigenvalue weighted by atomic mass is 14.4. The summed E-state index contributed by atoms with van der Waals surface area (Å²) in [4.78, 5) is 0. The number of fused-ring (bicyclic) bond motifs is 10. The molecule has 0 bridgehead atoms. The van der Waals surface area contributed by atoms with Gasteiger partial charge in [0.1, 0.15) is 0 Å². The Hall–Kier alpha value is -5.72. The second-order valence-electron chi connectivity index (χ2n) is 13.7. The van der Waals surface area contributed by atoms with Crippen molar-refractivity contribution in [3.63, 3.8) is 0 Å². The molecule has 0 fully saturated rings. The van der Waals surface area contributed by atoms with Gasteiger partial charge in [-0.2, -0.15) is 0 Å². The minimum Gasteiger partial charge on any atom is -0.0619 e. The minimum absolute atomic E-state index is 0.146. The molecule has 0 nitrogen and oxygen atoms in total. The molecule has 0 saturated heterocycles. The fourth-order valence-corrected chi connectivity index (χ4v) is 8.58. The van der Waals surface area contributed by atoms with Crippen LogP contribution in [-0.2, 0) is 5.41 Å². The Bertz CT molecular complexity index is 2760. The van der Waals surface area contributed by atoms with Crippen molar-refractivity contribution in [2.45, 2.75) is 19.3 Å².